The zero-order valence-corrected chi connectivity index (χ0v) is 15.8. The maximum atomic E-state index is 12.8. The lowest BCUT2D eigenvalue weighted by atomic mass is 10.2. The van der Waals surface area contributed by atoms with Gasteiger partial charge in [0.2, 0.25) is 11.8 Å². The molecule has 0 radical (unpaired) electrons. The van der Waals surface area contributed by atoms with E-state index in [1.54, 1.807) is 0 Å². The number of rotatable bonds is 4. The Labute approximate surface area is 152 Å². The molecule has 6 heteroatoms. The highest BCUT2D eigenvalue weighted by Gasteiger charge is 2.30. The zero-order chi connectivity index (χ0) is 17.6. The summed E-state index contributed by atoms with van der Waals surface area (Å²) in [4.78, 5) is 33.7. The van der Waals surface area contributed by atoms with Gasteiger partial charge in [0.15, 0.2) is 0 Å². The molecular formula is C19H34N4O2. The van der Waals surface area contributed by atoms with Crippen LogP contribution >= 0.6 is 0 Å². The summed E-state index contributed by atoms with van der Waals surface area (Å²) >= 11 is 0. The third-order valence-corrected chi connectivity index (χ3v) is 6.05. The number of carbonyl (C=O) groups is 2. The number of amides is 2. The molecule has 3 fully saturated rings. The first-order valence-corrected chi connectivity index (χ1v) is 10.2. The molecule has 2 amide bonds. The third kappa shape index (κ3) is 4.94. The maximum Gasteiger partial charge on any atom is 0.239 e. The van der Waals surface area contributed by atoms with Crippen molar-refractivity contribution in [1.29, 1.82) is 0 Å². The molecule has 142 valence electrons. The van der Waals surface area contributed by atoms with Crippen molar-refractivity contribution in [1.82, 2.24) is 19.6 Å². The van der Waals surface area contributed by atoms with Crippen LogP contribution in [0.25, 0.3) is 0 Å². The predicted molar refractivity (Wildman–Crippen MR) is 98.3 cm³/mol. The molecule has 3 rings (SSSR count). The van der Waals surface area contributed by atoms with Gasteiger partial charge in [-0.1, -0.05) is 12.8 Å². The Balaban J connectivity index is 1.43. The fourth-order valence-electron chi connectivity index (χ4n) is 4.28. The average Bonchev–Trinajstić information content (AvgIpc) is 3.04. The summed E-state index contributed by atoms with van der Waals surface area (Å²) in [5.74, 6) is 0.572. The number of nitrogens with zero attached hydrogens (tertiary/aromatic N) is 4. The Morgan fingerprint density at radius 2 is 1.24 bits per heavy atom. The summed E-state index contributed by atoms with van der Waals surface area (Å²) in [6.45, 7) is 9.85. The summed E-state index contributed by atoms with van der Waals surface area (Å²) in [5, 5.41) is 0. The molecule has 1 atom stereocenters. The molecule has 0 spiro atoms. The molecule has 3 aliphatic rings. The van der Waals surface area contributed by atoms with Gasteiger partial charge < -0.3 is 9.80 Å². The lowest BCUT2D eigenvalue weighted by Gasteiger charge is -2.39. The van der Waals surface area contributed by atoms with Gasteiger partial charge in [0.05, 0.1) is 12.6 Å². The number of hydrogen-bond acceptors (Lipinski definition) is 4. The fourth-order valence-corrected chi connectivity index (χ4v) is 4.28. The van der Waals surface area contributed by atoms with E-state index in [-0.39, 0.29) is 11.9 Å². The Morgan fingerprint density at radius 1 is 0.720 bits per heavy atom. The normalized spacial score (nSPS) is 25.0. The smallest absolute Gasteiger partial charge is 0.239 e. The van der Waals surface area contributed by atoms with Crippen LogP contribution in [0, 0.1) is 0 Å². The van der Waals surface area contributed by atoms with E-state index in [1.807, 2.05) is 4.90 Å². The highest BCUT2D eigenvalue weighted by atomic mass is 16.2. The van der Waals surface area contributed by atoms with Crippen LogP contribution in [-0.2, 0) is 9.59 Å². The number of piperazine rings is 1. The Bertz CT molecular complexity index is 448. The predicted octanol–water partition coefficient (Wildman–Crippen LogP) is 1.02. The molecule has 3 saturated heterocycles. The lowest BCUT2D eigenvalue weighted by molar-refractivity contribution is -0.138. The summed E-state index contributed by atoms with van der Waals surface area (Å²) in [6.07, 6.45) is 7.09. The minimum absolute atomic E-state index is 0.0328. The molecule has 0 aromatic heterocycles. The van der Waals surface area contributed by atoms with Gasteiger partial charge in [-0.05, 0) is 32.6 Å². The van der Waals surface area contributed by atoms with Gasteiger partial charge in [-0.2, -0.15) is 0 Å². The first kappa shape index (κ1) is 18.6. The second-order valence-corrected chi connectivity index (χ2v) is 7.82. The van der Waals surface area contributed by atoms with Crippen LogP contribution in [0.2, 0.25) is 0 Å². The van der Waals surface area contributed by atoms with Gasteiger partial charge in [-0.15, -0.1) is 0 Å². The molecule has 6 nitrogen and oxygen atoms in total. The van der Waals surface area contributed by atoms with Crippen LogP contribution < -0.4 is 0 Å². The number of carbonyl (C=O) groups excluding carboxylic acids is 2. The van der Waals surface area contributed by atoms with Crippen LogP contribution in [-0.4, -0.2) is 96.4 Å². The van der Waals surface area contributed by atoms with Crippen molar-refractivity contribution in [2.75, 3.05) is 58.9 Å². The van der Waals surface area contributed by atoms with Crippen molar-refractivity contribution < 1.29 is 9.59 Å². The van der Waals surface area contributed by atoms with Gasteiger partial charge in [0.25, 0.3) is 0 Å². The standard InChI is InChI=1S/C19H34N4O2/c1-17(19(25)23-10-4-2-3-5-11-23)21-14-12-20(13-15-21)16-18(24)22-8-6-7-9-22/h17H,2-16H2,1H3. The van der Waals surface area contributed by atoms with Crippen LogP contribution in [0.15, 0.2) is 0 Å². The van der Waals surface area contributed by atoms with E-state index < -0.39 is 0 Å². The first-order valence-electron chi connectivity index (χ1n) is 10.2. The summed E-state index contributed by atoms with van der Waals surface area (Å²) in [7, 11) is 0. The molecule has 0 aliphatic carbocycles. The van der Waals surface area contributed by atoms with Crippen LogP contribution in [0.3, 0.4) is 0 Å². The van der Waals surface area contributed by atoms with Gasteiger partial charge in [0, 0.05) is 52.4 Å². The Morgan fingerprint density at radius 3 is 1.84 bits per heavy atom. The van der Waals surface area contributed by atoms with Crippen LogP contribution in [0.5, 0.6) is 0 Å². The van der Waals surface area contributed by atoms with Gasteiger partial charge in [-0.25, -0.2) is 0 Å². The summed E-state index contributed by atoms with van der Waals surface area (Å²) in [6, 6.07) is -0.0328. The zero-order valence-electron chi connectivity index (χ0n) is 15.8. The summed E-state index contributed by atoms with van der Waals surface area (Å²) in [5.41, 5.74) is 0. The molecule has 25 heavy (non-hydrogen) atoms. The molecular weight excluding hydrogens is 316 g/mol. The highest BCUT2D eigenvalue weighted by Crippen LogP contribution is 2.15. The first-order chi connectivity index (χ1) is 12.1. The molecule has 0 bridgehead atoms. The van der Waals surface area contributed by atoms with Crippen molar-refractivity contribution in [2.24, 2.45) is 0 Å². The SMILES string of the molecule is CC(C(=O)N1CCCCCC1)N1CCN(CC(=O)N2CCCC2)CC1. The molecule has 0 aromatic carbocycles. The van der Waals surface area contributed by atoms with E-state index in [9.17, 15) is 9.59 Å². The lowest BCUT2D eigenvalue weighted by Crippen LogP contribution is -2.55. The van der Waals surface area contributed by atoms with E-state index in [4.69, 9.17) is 0 Å². The number of likely N-dealkylation sites (tertiary alicyclic amines) is 2. The fraction of sp³-hybridized carbons (Fsp3) is 0.895. The maximum absolute atomic E-state index is 12.8. The number of hydrogen-bond donors (Lipinski definition) is 0. The van der Waals surface area contributed by atoms with E-state index in [2.05, 4.69) is 21.6 Å². The molecule has 3 aliphatic heterocycles. The van der Waals surface area contributed by atoms with Gasteiger partial charge in [0.1, 0.15) is 0 Å². The molecule has 3 heterocycles. The van der Waals surface area contributed by atoms with E-state index in [0.717, 1.165) is 78.0 Å². The second-order valence-electron chi connectivity index (χ2n) is 7.82. The molecule has 0 aromatic rings. The van der Waals surface area contributed by atoms with Crippen molar-refractivity contribution in [3.8, 4) is 0 Å². The van der Waals surface area contributed by atoms with E-state index in [1.165, 1.54) is 12.8 Å². The Kier molecular flexibility index (Phi) is 6.70. The third-order valence-electron chi connectivity index (χ3n) is 6.05. The average molecular weight is 351 g/mol. The summed E-state index contributed by atoms with van der Waals surface area (Å²) < 4.78 is 0. The second kappa shape index (κ2) is 8.99. The quantitative estimate of drug-likeness (QED) is 0.759. The highest BCUT2D eigenvalue weighted by molar-refractivity contribution is 5.81. The minimum atomic E-state index is -0.0328. The molecule has 1 unspecified atom stereocenters. The van der Waals surface area contributed by atoms with E-state index >= 15 is 0 Å². The van der Waals surface area contributed by atoms with Crippen LogP contribution in [0.4, 0.5) is 0 Å². The van der Waals surface area contributed by atoms with E-state index in [0.29, 0.717) is 12.5 Å². The van der Waals surface area contributed by atoms with Gasteiger partial charge in [-0.3, -0.25) is 19.4 Å². The topological polar surface area (TPSA) is 47.1 Å². The van der Waals surface area contributed by atoms with Crippen molar-refractivity contribution in [3.63, 3.8) is 0 Å². The monoisotopic (exact) mass is 350 g/mol. The van der Waals surface area contributed by atoms with Crippen molar-refractivity contribution >= 4 is 11.8 Å². The van der Waals surface area contributed by atoms with Crippen LogP contribution in [0.1, 0.15) is 45.4 Å². The van der Waals surface area contributed by atoms with Crippen molar-refractivity contribution in [3.05, 3.63) is 0 Å². The Hall–Kier alpha value is -1.14. The minimum Gasteiger partial charge on any atom is -0.342 e. The largest absolute Gasteiger partial charge is 0.342 e. The van der Waals surface area contributed by atoms with Crippen molar-refractivity contribution in [2.45, 2.75) is 51.5 Å². The van der Waals surface area contributed by atoms with Gasteiger partial charge >= 0.3 is 0 Å². The molecule has 0 N–H and O–H groups in total. The molecule has 0 saturated carbocycles.